The number of amides is 1. The van der Waals surface area contributed by atoms with Crippen LogP contribution in [0.3, 0.4) is 0 Å². The Balaban J connectivity index is 2.52. The summed E-state index contributed by atoms with van der Waals surface area (Å²) in [6.07, 6.45) is 3.22. The second-order valence-corrected chi connectivity index (χ2v) is 2.90. The van der Waals surface area contributed by atoms with Gasteiger partial charge in [-0.05, 0) is 6.07 Å². The summed E-state index contributed by atoms with van der Waals surface area (Å²) in [6, 6.07) is 1.77. The molecular formula is C11H13N3O2. The highest BCUT2D eigenvalue weighted by Gasteiger charge is 1.93. The van der Waals surface area contributed by atoms with Gasteiger partial charge in [-0.2, -0.15) is 0 Å². The lowest BCUT2D eigenvalue weighted by molar-refractivity contribution is -0.119. The molecule has 16 heavy (non-hydrogen) atoms. The lowest BCUT2D eigenvalue weighted by Gasteiger charge is -1.98. The van der Waals surface area contributed by atoms with E-state index in [0.717, 1.165) is 5.56 Å². The molecule has 1 aromatic rings. The third-order valence-electron chi connectivity index (χ3n) is 1.74. The van der Waals surface area contributed by atoms with Crippen molar-refractivity contribution in [1.29, 1.82) is 0 Å². The fourth-order valence-electron chi connectivity index (χ4n) is 0.960. The summed E-state index contributed by atoms with van der Waals surface area (Å²) < 4.78 is 5.00. The number of methoxy groups -OCH3 is 1. The second-order valence-electron chi connectivity index (χ2n) is 2.90. The number of pyridine rings is 1. The highest BCUT2D eigenvalue weighted by molar-refractivity contribution is 5.77. The Morgan fingerprint density at radius 3 is 3.12 bits per heavy atom. The van der Waals surface area contributed by atoms with Gasteiger partial charge in [-0.15, -0.1) is 0 Å². The van der Waals surface area contributed by atoms with Gasteiger partial charge >= 0.3 is 0 Å². The van der Waals surface area contributed by atoms with Crippen molar-refractivity contribution in [2.75, 3.05) is 20.2 Å². The molecule has 84 valence electrons. The van der Waals surface area contributed by atoms with Crippen LogP contribution in [0.15, 0.2) is 18.5 Å². The molecule has 0 unspecified atom stereocenters. The third kappa shape index (κ3) is 3.98. The molecule has 1 aromatic heterocycles. The molecule has 0 saturated heterocycles. The standard InChI is InChI=1S/C11H13N3O2/c1-16-10-5-9(7-13-8-10)3-2-4-14-11(15)6-12/h5,7-8H,4,6,12H2,1H3,(H,14,15). The smallest absolute Gasteiger partial charge is 0.234 e. The van der Waals surface area contributed by atoms with Crippen LogP contribution in [0.2, 0.25) is 0 Å². The average molecular weight is 219 g/mol. The molecule has 5 heteroatoms. The van der Waals surface area contributed by atoms with Gasteiger partial charge in [0.15, 0.2) is 0 Å². The summed E-state index contributed by atoms with van der Waals surface area (Å²) in [7, 11) is 1.57. The fourth-order valence-corrected chi connectivity index (χ4v) is 0.960. The quantitative estimate of drug-likeness (QED) is 0.673. The maximum Gasteiger partial charge on any atom is 0.234 e. The minimum Gasteiger partial charge on any atom is -0.495 e. The first-order valence-electron chi connectivity index (χ1n) is 4.71. The van der Waals surface area contributed by atoms with Crippen LogP contribution in [0.4, 0.5) is 0 Å². The van der Waals surface area contributed by atoms with E-state index in [1.165, 1.54) is 0 Å². The predicted octanol–water partition coefficient (Wildman–Crippen LogP) is -0.483. The van der Waals surface area contributed by atoms with Crippen LogP contribution in [0, 0.1) is 11.8 Å². The number of aromatic nitrogens is 1. The number of nitrogens with two attached hydrogens (primary N) is 1. The van der Waals surface area contributed by atoms with Gasteiger partial charge in [0, 0.05) is 11.8 Å². The lowest BCUT2D eigenvalue weighted by atomic mass is 10.3. The first kappa shape index (κ1) is 12.0. The van der Waals surface area contributed by atoms with Crippen LogP contribution < -0.4 is 15.8 Å². The number of hydrogen-bond donors (Lipinski definition) is 2. The Morgan fingerprint density at radius 1 is 1.62 bits per heavy atom. The van der Waals surface area contributed by atoms with Crippen molar-refractivity contribution in [3.05, 3.63) is 24.0 Å². The molecule has 0 saturated carbocycles. The van der Waals surface area contributed by atoms with Crippen LogP contribution in [-0.4, -0.2) is 31.1 Å². The average Bonchev–Trinajstić information content (AvgIpc) is 2.34. The molecule has 1 heterocycles. The van der Waals surface area contributed by atoms with E-state index in [4.69, 9.17) is 10.5 Å². The number of carbonyl (C=O) groups excluding carboxylic acids is 1. The van der Waals surface area contributed by atoms with Gasteiger partial charge in [0.25, 0.3) is 0 Å². The van der Waals surface area contributed by atoms with Crippen molar-refractivity contribution in [3.8, 4) is 17.6 Å². The number of ether oxygens (including phenoxy) is 1. The number of hydrogen-bond acceptors (Lipinski definition) is 4. The van der Waals surface area contributed by atoms with Gasteiger partial charge in [0.2, 0.25) is 5.91 Å². The van der Waals surface area contributed by atoms with Gasteiger partial charge in [-0.25, -0.2) is 0 Å². The van der Waals surface area contributed by atoms with Crippen LogP contribution in [0.5, 0.6) is 5.75 Å². The van der Waals surface area contributed by atoms with E-state index >= 15 is 0 Å². The minimum atomic E-state index is -0.224. The van der Waals surface area contributed by atoms with E-state index in [2.05, 4.69) is 22.1 Å². The van der Waals surface area contributed by atoms with Gasteiger partial charge in [-0.1, -0.05) is 11.8 Å². The van der Waals surface area contributed by atoms with Crippen molar-refractivity contribution in [2.45, 2.75) is 0 Å². The van der Waals surface area contributed by atoms with Crippen molar-refractivity contribution in [2.24, 2.45) is 5.73 Å². The van der Waals surface area contributed by atoms with Crippen molar-refractivity contribution in [1.82, 2.24) is 10.3 Å². The topological polar surface area (TPSA) is 77.2 Å². The van der Waals surface area contributed by atoms with E-state index < -0.39 is 0 Å². The summed E-state index contributed by atoms with van der Waals surface area (Å²) in [6.45, 7) is 0.246. The summed E-state index contributed by atoms with van der Waals surface area (Å²) in [5.41, 5.74) is 5.85. The first-order chi connectivity index (χ1) is 7.76. The highest BCUT2D eigenvalue weighted by atomic mass is 16.5. The van der Waals surface area contributed by atoms with Crippen molar-refractivity contribution >= 4 is 5.91 Å². The maximum absolute atomic E-state index is 10.8. The van der Waals surface area contributed by atoms with E-state index in [1.807, 2.05) is 0 Å². The molecule has 1 amide bonds. The molecule has 0 aliphatic carbocycles. The molecule has 0 aliphatic rings. The molecule has 1 rings (SSSR count). The summed E-state index contributed by atoms with van der Waals surface area (Å²) in [5.74, 6) is 6.06. The molecule has 0 atom stereocenters. The lowest BCUT2D eigenvalue weighted by Crippen LogP contribution is -2.30. The second kappa shape index (κ2) is 6.43. The van der Waals surface area contributed by atoms with Gasteiger partial charge < -0.3 is 15.8 Å². The van der Waals surface area contributed by atoms with Crippen molar-refractivity contribution in [3.63, 3.8) is 0 Å². The molecule has 0 aromatic carbocycles. The fraction of sp³-hybridized carbons (Fsp3) is 0.273. The molecule has 0 spiro atoms. The Hall–Kier alpha value is -2.06. The molecule has 0 aliphatic heterocycles. The highest BCUT2D eigenvalue weighted by Crippen LogP contribution is 2.08. The summed E-state index contributed by atoms with van der Waals surface area (Å²) >= 11 is 0. The van der Waals surface area contributed by atoms with Crippen molar-refractivity contribution < 1.29 is 9.53 Å². The minimum absolute atomic E-state index is 0.0254. The number of nitrogens with one attached hydrogen (secondary N) is 1. The normalized spacial score (nSPS) is 8.88. The summed E-state index contributed by atoms with van der Waals surface area (Å²) in [4.78, 5) is 14.7. The third-order valence-corrected chi connectivity index (χ3v) is 1.74. The van der Waals surface area contributed by atoms with Gasteiger partial charge in [0.05, 0.1) is 26.4 Å². The maximum atomic E-state index is 10.8. The first-order valence-corrected chi connectivity index (χ1v) is 4.71. The zero-order valence-electron chi connectivity index (χ0n) is 8.99. The molecule has 0 fully saturated rings. The zero-order valence-corrected chi connectivity index (χ0v) is 8.99. The van der Waals surface area contributed by atoms with E-state index in [1.54, 1.807) is 25.6 Å². The van der Waals surface area contributed by atoms with Crippen LogP contribution in [0.1, 0.15) is 5.56 Å². The zero-order chi connectivity index (χ0) is 11.8. The van der Waals surface area contributed by atoms with E-state index in [-0.39, 0.29) is 19.0 Å². The Kier molecular flexibility index (Phi) is 4.83. The van der Waals surface area contributed by atoms with E-state index in [9.17, 15) is 4.79 Å². The SMILES string of the molecule is COc1cncc(C#CCNC(=O)CN)c1. The largest absolute Gasteiger partial charge is 0.495 e. The van der Waals surface area contributed by atoms with Crippen LogP contribution in [0.25, 0.3) is 0 Å². The summed E-state index contributed by atoms with van der Waals surface area (Å²) in [5, 5.41) is 2.54. The van der Waals surface area contributed by atoms with Crippen LogP contribution >= 0.6 is 0 Å². The molecule has 5 nitrogen and oxygen atoms in total. The monoisotopic (exact) mass is 219 g/mol. The van der Waals surface area contributed by atoms with Gasteiger partial charge in [0.1, 0.15) is 5.75 Å². The van der Waals surface area contributed by atoms with E-state index in [0.29, 0.717) is 5.75 Å². The number of carbonyl (C=O) groups is 1. The molecule has 3 N–H and O–H groups in total. The molecule has 0 radical (unpaired) electrons. The Morgan fingerprint density at radius 2 is 2.44 bits per heavy atom. The molecular weight excluding hydrogens is 206 g/mol. The molecule has 0 bridgehead atoms. The Bertz CT molecular complexity index is 421. The number of nitrogens with zero attached hydrogens (tertiary/aromatic N) is 1. The predicted molar refractivity (Wildman–Crippen MR) is 59.7 cm³/mol. The van der Waals surface area contributed by atoms with Crippen LogP contribution in [-0.2, 0) is 4.79 Å². The Labute approximate surface area is 94.0 Å². The van der Waals surface area contributed by atoms with Gasteiger partial charge in [-0.3, -0.25) is 9.78 Å². The number of rotatable bonds is 3.